The predicted molar refractivity (Wildman–Crippen MR) is 63.7 cm³/mol. The lowest BCUT2D eigenvalue weighted by molar-refractivity contribution is 0.701. The summed E-state index contributed by atoms with van der Waals surface area (Å²) in [6, 6.07) is 8.90. The molecule has 1 heterocycles. The number of aliphatic imine (C=N–C) groups is 1. The molecule has 1 heteroatoms. The standard InChI is InChI=1S/C14H17N/c1-2-6-12-11(5-1)8-9-13(12)14-7-3-4-10-15-14/h1-2,5-6,13H,3-4,7-10H2. The lowest BCUT2D eigenvalue weighted by Crippen LogP contribution is -2.14. The molecule has 1 aliphatic heterocycles. The van der Waals surface area contributed by atoms with Gasteiger partial charge in [0.1, 0.15) is 0 Å². The molecule has 0 aromatic heterocycles. The van der Waals surface area contributed by atoms with Crippen LogP contribution in [0.3, 0.4) is 0 Å². The first-order valence-electron chi connectivity index (χ1n) is 6.06. The Hall–Kier alpha value is -1.11. The largest absolute Gasteiger partial charge is 0.293 e. The molecule has 0 bridgehead atoms. The fourth-order valence-corrected chi connectivity index (χ4v) is 2.91. The van der Waals surface area contributed by atoms with Gasteiger partial charge in [0.15, 0.2) is 0 Å². The molecule has 1 aromatic carbocycles. The van der Waals surface area contributed by atoms with E-state index < -0.39 is 0 Å². The van der Waals surface area contributed by atoms with Gasteiger partial charge in [0.25, 0.3) is 0 Å². The summed E-state index contributed by atoms with van der Waals surface area (Å²) in [6.07, 6.45) is 6.41. The number of rotatable bonds is 1. The van der Waals surface area contributed by atoms with E-state index in [-0.39, 0.29) is 0 Å². The zero-order valence-corrected chi connectivity index (χ0v) is 9.08. The number of benzene rings is 1. The van der Waals surface area contributed by atoms with Crippen molar-refractivity contribution in [3.05, 3.63) is 35.4 Å². The second-order valence-electron chi connectivity index (χ2n) is 4.62. The Bertz CT molecular complexity index is 392. The van der Waals surface area contributed by atoms with Crippen LogP contribution in [0.4, 0.5) is 0 Å². The van der Waals surface area contributed by atoms with Gasteiger partial charge in [0.2, 0.25) is 0 Å². The molecule has 1 atom stereocenters. The molecular weight excluding hydrogens is 182 g/mol. The van der Waals surface area contributed by atoms with Crippen molar-refractivity contribution in [3.8, 4) is 0 Å². The second-order valence-corrected chi connectivity index (χ2v) is 4.62. The minimum Gasteiger partial charge on any atom is -0.293 e. The first-order chi connectivity index (χ1) is 7.45. The number of hydrogen-bond acceptors (Lipinski definition) is 1. The number of hydrogen-bond donors (Lipinski definition) is 0. The van der Waals surface area contributed by atoms with Gasteiger partial charge in [0, 0.05) is 18.2 Å². The lowest BCUT2D eigenvalue weighted by atomic mass is 9.91. The van der Waals surface area contributed by atoms with Crippen molar-refractivity contribution in [2.75, 3.05) is 6.54 Å². The van der Waals surface area contributed by atoms with Crippen LogP contribution in [0, 0.1) is 0 Å². The molecule has 1 aromatic rings. The summed E-state index contributed by atoms with van der Waals surface area (Å²) in [5, 5.41) is 0. The Labute approximate surface area is 91.2 Å². The van der Waals surface area contributed by atoms with Crippen molar-refractivity contribution in [2.24, 2.45) is 4.99 Å². The van der Waals surface area contributed by atoms with E-state index in [0.717, 1.165) is 6.54 Å². The van der Waals surface area contributed by atoms with Crippen LogP contribution in [0.1, 0.15) is 42.7 Å². The summed E-state index contributed by atoms with van der Waals surface area (Å²) in [5.41, 5.74) is 4.58. The predicted octanol–water partition coefficient (Wildman–Crippen LogP) is 3.34. The van der Waals surface area contributed by atoms with Crippen molar-refractivity contribution in [3.63, 3.8) is 0 Å². The zero-order valence-electron chi connectivity index (χ0n) is 9.08. The quantitative estimate of drug-likeness (QED) is 0.657. The maximum Gasteiger partial charge on any atom is 0.0389 e. The Kier molecular flexibility index (Phi) is 2.32. The van der Waals surface area contributed by atoms with Gasteiger partial charge in [-0.15, -0.1) is 0 Å². The Balaban J connectivity index is 1.93. The van der Waals surface area contributed by atoms with Crippen LogP contribution in [0.5, 0.6) is 0 Å². The minimum absolute atomic E-state index is 0.654. The average Bonchev–Trinajstić information content (AvgIpc) is 2.74. The average molecular weight is 199 g/mol. The highest BCUT2D eigenvalue weighted by atomic mass is 14.8. The molecule has 0 saturated heterocycles. The summed E-state index contributed by atoms with van der Waals surface area (Å²) in [5.74, 6) is 0.654. The normalized spacial score (nSPS) is 24.8. The molecule has 3 rings (SSSR count). The fraction of sp³-hybridized carbons (Fsp3) is 0.500. The highest BCUT2D eigenvalue weighted by Crippen LogP contribution is 2.35. The van der Waals surface area contributed by atoms with Gasteiger partial charge in [-0.3, -0.25) is 4.99 Å². The number of fused-ring (bicyclic) bond motifs is 1. The third kappa shape index (κ3) is 1.60. The molecule has 0 radical (unpaired) electrons. The smallest absolute Gasteiger partial charge is 0.0389 e. The molecule has 0 spiro atoms. The monoisotopic (exact) mass is 199 g/mol. The molecule has 0 saturated carbocycles. The van der Waals surface area contributed by atoms with Gasteiger partial charge in [-0.1, -0.05) is 24.3 Å². The molecule has 1 aliphatic carbocycles. The maximum atomic E-state index is 4.73. The minimum atomic E-state index is 0.654. The van der Waals surface area contributed by atoms with Crippen LogP contribution in [-0.4, -0.2) is 12.3 Å². The van der Waals surface area contributed by atoms with E-state index >= 15 is 0 Å². The second kappa shape index (κ2) is 3.80. The van der Waals surface area contributed by atoms with Crippen LogP contribution < -0.4 is 0 Å². The van der Waals surface area contributed by atoms with Gasteiger partial charge in [0.05, 0.1) is 0 Å². The van der Waals surface area contributed by atoms with E-state index in [1.807, 2.05) is 0 Å². The van der Waals surface area contributed by atoms with E-state index in [0.29, 0.717) is 5.92 Å². The third-order valence-corrected chi connectivity index (χ3v) is 3.69. The molecule has 0 fully saturated rings. The summed E-state index contributed by atoms with van der Waals surface area (Å²) in [6.45, 7) is 1.06. The molecule has 1 unspecified atom stereocenters. The van der Waals surface area contributed by atoms with Crippen molar-refractivity contribution >= 4 is 5.71 Å². The summed E-state index contributed by atoms with van der Waals surface area (Å²) < 4.78 is 0. The van der Waals surface area contributed by atoms with Crippen LogP contribution in [0.2, 0.25) is 0 Å². The van der Waals surface area contributed by atoms with Crippen molar-refractivity contribution in [1.29, 1.82) is 0 Å². The summed E-state index contributed by atoms with van der Waals surface area (Å²) in [4.78, 5) is 4.73. The third-order valence-electron chi connectivity index (χ3n) is 3.69. The van der Waals surface area contributed by atoms with Gasteiger partial charge in [-0.25, -0.2) is 0 Å². The molecule has 15 heavy (non-hydrogen) atoms. The van der Waals surface area contributed by atoms with E-state index in [1.54, 1.807) is 11.1 Å². The van der Waals surface area contributed by atoms with Crippen LogP contribution in [0.25, 0.3) is 0 Å². The van der Waals surface area contributed by atoms with Crippen LogP contribution in [0.15, 0.2) is 29.3 Å². The Morgan fingerprint density at radius 1 is 1.07 bits per heavy atom. The molecule has 0 amide bonds. The van der Waals surface area contributed by atoms with Gasteiger partial charge in [-0.2, -0.15) is 0 Å². The molecule has 2 aliphatic rings. The fourth-order valence-electron chi connectivity index (χ4n) is 2.91. The molecule has 1 nitrogen and oxygen atoms in total. The highest BCUT2D eigenvalue weighted by Gasteiger charge is 2.26. The zero-order chi connectivity index (χ0) is 10.1. The number of aryl methyl sites for hydroxylation is 1. The van der Waals surface area contributed by atoms with E-state index in [4.69, 9.17) is 4.99 Å². The van der Waals surface area contributed by atoms with E-state index in [1.165, 1.54) is 37.8 Å². The van der Waals surface area contributed by atoms with Gasteiger partial charge >= 0.3 is 0 Å². The Morgan fingerprint density at radius 2 is 2.00 bits per heavy atom. The van der Waals surface area contributed by atoms with E-state index in [2.05, 4.69) is 24.3 Å². The highest BCUT2D eigenvalue weighted by molar-refractivity contribution is 5.92. The molecule has 0 N–H and O–H groups in total. The van der Waals surface area contributed by atoms with Crippen molar-refractivity contribution in [2.45, 2.75) is 38.0 Å². The van der Waals surface area contributed by atoms with Gasteiger partial charge in [-0.05, 0) is 43.2 Å². The van der Waals surface area contributed by atoms with Crippen LogP contribution >= 0.6 is 0 Å². The van der Waals surface area contributed by atoms with E-state index in [9.17, 15) is 0 Å². The lowest BCUT2D eigenvalue weighted by Gasteiger charge is -2.18. The van der Waals surface area contributed by atoms with Gasteiger partial charge < -0.3 is 0 Å². The summed E-state index contributed by atoms with van der Waals surface area (Å²) in [7, 11) is 0. The first-order valence-corrected chi connectivity index (χ1v) is 6.06. The van der Waals surface area contributed by atoms with Crippen molar-refractivity contribution < 1.29 is 0 Å². The summed E-state index contributed by atoms with van der Waals surface area (Å²) >= 11 is 0. The molecular formula is C14H17N. The SMILES string of the molecule is c1ccc2c(c1)CCC2C1=NCCCC1. The maximum absolute atomic E-state index is 4.73. The number of nitrogens with zero attached hydrogens (tertiary/aromatic N) is 1. The Morgan fingerprint density at radius 3 is 2.87 bits per heavy atom. The first kappa shape index (κ1) is 9.14. The van der Waals surface area contributed by atoms with Crippen molar-refractivity contribution in [1.82, 2.24) is 0 Å². The molecule has 78 valence electrons. The topological polar surface area (TPSA) is 12.4 Å². The van der Waals surface area contributed by atoms with Crippen LogP contribution in [-0.2, 0) is 6.42 Å².